The molecule has 8 heteroatoms. The van der Waals surface area contributed by atoms with E-state index >= 15 is 0 Å². The van der Waals surface area contributed by atoms with Crippen LogP contribution in [0.2, 0.25) is 0 Å². The Labute approximate surface area is 185 Å². The largest absolute Gasteiger partial charge is 0.355 e. The van der Waals surface area contributed by atoms with Crippen LogP contribution in [0.15, 0.2) is 36.8 Å². The van der Waals surface area contributed by atoms with E-state index in [0.717, 1.165) is 65.0 Å². The van der Waals surface area contributed by atoms with E-state index in [2.05, 4.69) is 39.0 Å². The first-order valence-electron chi connectivity index (χ1n) is 10.8. The average molecular weight is 432 g/mol. The Morgan fingerprint density at radius 1 is 1.13 bits per heavy atom. The Bertz CT molecular complexity index is 1280. The monoisotopic (exact) mass is 431 g/mol. The zero-order chi connectivity index (χ0) is 21.2. The minimum absolute atomic E-state index is 0.0694. The molecule has 1 spiro atoms. The standard InChI is InChI=1S/C23H25N7S/c1-14-20(19-13-26-15(2)31-19)30-18(5-9-27-30)22(28-14)29-10-6-23(7-11-29)12-17-16(21(23)24)4-3-8-25-17/h3-5,8-9,13,21H,6-7,10-12,24H2,1-2H3/t21-/m1/s1. The third-order valence-corrected chi connectivity index (χ3v) is 7.97. The Morgan fingerprint density at radius 3 is 2.71 bits per heavy atom. The predicted octanol–water partition coefficient (Wildman–Crippen LogP) is 3.71. The fourth-order valence-corrected chi connectivity index (χ4v) is 6.23. The van der Waals surface area contributed by atoms with Gasteiger partial charge in [0.05, 0.1) is 21.8 Å². The third-order valence-electron chi connectivity index (χ3n) is 7.05. The van der Waals surface area contributed by atoms with Crippen molar-refractivity contribution < 1.29 is 0 Å². The van der Waals surface area contributed by atoms with E-state index in [-0.39, 0.29) is 11.5 Å². The van der Waals surface area contributed by atoms with Crippen LogP contribution in [-0.2, 0) is 6.42 Å². The van der Waals surface area contributed by atoms with E-state index in [9.17, 15) is 0 Å². The molecule has 7 nitrogen and oxygen atoms in total. The van der Waals surface area contributed by atoms with Crippen molar-refractivity contribution in [1.82, 2.24) is 24.6 Å². The number of pyridine rings is 1. The first-order chi connectivity index (χ1) is 15.1. The maximum atomic E-state index is 6.73. The molecule has 158 valence electrons. The number of fused-ring (bicyclic) bond motifs is 2. The molecule has 2 aliphatic rings. The molecule has 0 saturated carbocycles. The van der Waals surface area contributed by atoms with Crippen molar-refractivity contribution >= 4 is 22.7 Å². The Kier molecular flexibility index (Phi) is 4.16. The van der Waals surface area contributed by atoms with Gasteiger partial charge in [0.25, 0.3) is 0 Å². The summed E-state index contributed by atoms with van der Waals surface area (Å²) in [6, 6.07) is 6.28. The van der Waals surface area contributed by atoms with Gasteiger partial charge in [-0.1, -0.05) is 6.07 Å². The van der Waals surface area contributed by atoms with Crippen LogP contribution in [0, 0.1) is 19.3 Å². The van der Waals surface area contributed by atoms with Crippen LogP contribution in [0.1, 0.15) is 40.8 Å². The molecule has 0 unspecified atom stereocenters. The lowest BCUT2D eigenvalue weighted by Gasteiger charge is -2.42. The fourth-order valence-electron chi connectivity index (χ4n) is 5.37. The Balaban J connectivity index is 1.32. The number of hydrogen-bond acceptors (Lipinski definition) is 7. The van der Waals surface area contributed by atoms with E-state index in [1.54, 1.807) is 11.3 Å². The molecule has 0 bridgehead atoms. The van der Waals surface area contributed by atoms with Gasteiger partial charge in [-0.25, -0.2) is 14.5 Å². The molecule has 0 amide bonds. The average Bonchev–Trinajstić information content (AvgIpc) is 3.48. The summed E-state index contributed by atoms with van der Waals surface area (Å²) in [5.41, 5.74) is 12.3. The van der Waals surface area contributed by atoms with Gasteiger partial charge in [0.15, 0.2) is 5.82 Å². The minimum atomic E-state index is 0.0694. The van der Waals surface area contributed by atoms with Crippen molar-refractivity contribution in [3.8, 4) is 10.6 Å². The van der Waals surface area contributed by atoms with Crippen LogP contribution in [-0.4, -0.2) is 37.7 Å². The topological polar surface area (TPSA) is 85.2 Å². The van der Waals surface area contributed by atoms with Crippen molar-refractivity contribution in [2.45, 2.75) is 39.2 Å². The van der Waals surface area contributed by atoms with Gasteiger partial charge in [0.1, 0.15) is 11.2 Å². The highest BCUT2D eigenvalue weighted by Crippen LogP contribution is 2.50. The molecular weight excluding hydrogens is 406 g/mol. The van der Waals surface area contributed by atoms with Crippen molar-refractivity contribution in [2.75, 3.05) is 18.0 Å². The first-order valence-corrected chi connectivity index (χ1v) is 11.6. The third kappa shape index (κ3) is 2.81. The molecule has 1 aliphatic heterocycles. The Hall–Kier alpha value is -2.84. The molecular formula is C23H25N7S. The molecule has 4 aromatic rings. The molecule has 31 heavy (non-hydrogen) atoms. The number of aromatic nitrogens is 5. The molecule has 1 fully saturated rings. The fraction of sp³-hybridized carbons (Fsp3) is 0.391. The summed E-state index contributed by atoms with van der Waals surface area (Å²) in [4.78, 5) is 17.6. The lowest BCUT2D eigenvalue weighted by atomic mass is 9.73. The molecule has 1 saturated heterocycles. The number of nitrogens with zero attached hydrogens (tertiary/aromatic N) is 6. The maximum absolute atomic E-state index is 6.73. The number of piperidine rings is 1. The summed E-state index contributed by atoms with van der Waals surface area (Å²) in [5.74, 6) is 1.01. The maximum Gasteiger partial charge on any atom is 0.155 e. The minimum Gasteiger partial charge on any atom is -0.355 e. The zero-order valence-electron chi connectivity index (χ0n) is 17.7. The summed E-state index contributed by atoms with van der Waals surface area (Å²) >= 11 is 1.68. The predicted molar refractivity (Wildman–Crippen MR) is 122 cm³/mol. The summed E-state index contributed by atoms with van der Waals surface area (Å²) in [6.45, 7) is 5.97. The van der Waals surface area contributed by atoms with Crippen molar-refractivity contribution in [2.24, 2.45) is 11.1 Å². The van der Waals surface area contributed by atoms with Crippen LogP contribution >= 0.6 is 11.3 Å². The summed E-state index contributed by atoms with van der Waals surface area (Å²) in [6.07, 6.45) is 8.73. The lowest BCUT2D eigenvalue weighted by Crippen LogP contribution is -2.44. The zero-order valence-corrected chi connectivity index (χ0v) is 18.6. The van der Waals surface area contributed by atoms with Gasteiger partial charge in [-0.05, 0) is 56.2 Å². The van der Waals surface area contributed by atoms with E-state index < -0.39 is 0 Å². The quantitative estimate of drug-likeness (QED) is 0.521. The van der Waals surface area contributed by atoms with Gasteiger partial charge in [0, 0.05) is 37.2 Å². The van der Waals surface area contributed by atoms with Crippen LogP contribution in [0.5, 0.6) is 0 Å². The summed E-state index contributed by atoms with van der Waals surface area (Å²) in [5, 5.41) is 5.68. The number of nitrogens with two attached hydrogens (primary N) is 1. The summed E-state index contributed by atoms with van der Waals surface area (Å²) < 4.78 is 2.02. The summed E-state index contributed by atoms with van der Waals surface area (Å²) in [7, 11) is 0. The van der Waals surface area contributed by atoms with Gasteiger partial charge in [-0.15, -0.1) is 11.3 Å². The number of anilines is 1. The smallest absolute Gasteiger partial charge is 0.155 e. The number of hydrogen-bond donors (Lipinski definition) is 1. The molecule has 4 aromatic heterocycles. The van der Waals surface area contributed by atoms with Crippen LogP contribution in [0.25, 0.3) is 16.1 Å². The van der Waals surface area contributed by atoms with Crippen LogP contribution < -0.4 is 10.6 Å². The highest BCUT2D eigenvalue weighted by atomic mass is 32.1. The molecule has 2 N–H and O–H groups in total. The van der Waals surface area contributed by atoms with Crippen LogP contribution in [0.3, 0.4) is 0 Å². The second-order valence-electron chi connectivity index (χ2n) is 8.78. The SMILES string of the molecule is Cc1ncc(-c2c(C)nc(N3CCC4(CC3)Cc3ncccc3[C@H]4N)c3ccnn23)s1. The molecule has 0 aromatic carbocycles. The van der Waals surface area contributed by atoms with Crippen LogP contribution in [0.4, 0.5) is 5.82 Å². The molecule has 0 radical (unpaired) electrons. The number of rotatable bonds is 2. The Morgan fingerprint density at radius 2 is 1.97 bits per heavy atom. The van der Waals surface area contributed by atoms with Gasteiger partial charge < -0.3 is 10.6 Å². The molecule has 1 aliphatic carbocycles. The van der Waals surface area contributed by atoms with Crippen molar-refractivity contribution in [3.05, 3.63) is 58.7 Å². The van der Waals surface area contributed by atoms with Crippen molar-refractivity contribution in [3.63, 3.8) is 0 Å². The molecule has 6 rings (SSSR count). The van der Waals surface area contributed by atoms with E-state index in [1.165, 1.54) is 11.3 Å². The van der Waals surface area contributed by atoms with Gasteiger partial charge >= 0.3 is 0 Å². The normalized spacial score (nSPS) is 20.0. The second-order valence-corrected chi connectivity index (χ2v) is 10.0. The number of aryl methyl sites for hydroxylation is 2. The lowest BCUT2D eigenvalue weighted by molar-refractivity contribution is 0.187. The van der Waals surface area contributed by atoms with Crippen molar-refractivity contribution in [1.29, 1.82) is 0 Å². The van der Waals surface area contributed by atoms with Gasteiger partial charge in [-0.3, -0.25) is 4.98 Å². The highest BCUT2D eigenvalue weighted by Gasteiger charge is 2.46. The van der Waals surface area contributed by atoms with E-state index in [4.69, 9.17) is 10.7 Å². The van der Waals surface area contributed by atoms with Gasteiger partial charge in [-0.2, -0.15) is 5.10 Å². The van der Waals surface area contributed by atoms with Gasteiger partial charge in [0.2, 0.25) is 0 Å². The molecule has 1 atom stereocenters. The van der Waals surface area contributed by atoms with E-state index in [1.807, 2.05) is 36.1 Å². The van der Waals surface area contributed by atoms with E-state index in [0.29, 0.717) is 0 Å². The molecule has 5 heterocycles. The first kappa shape index (κ1) is 18.9. The second kappa shape index (κ2) is 6.83. The highest BCUT2D eigenvalue weighted by molar-refractivity contribution is 7.15. The number of thiazole rings is 1.